The van der Waals surface area contributed by atoms with Crippen molar-refractivity contribution in [3.8, 4) is 0 Å². The van der Waals surface area contributed by atoms with Gasteiger partial charge in [0.1, 0.15) is 11.5 Å². The quantitative estimate of drug-likeness (QED) is 0.689. The van der Waals surface area contributed by atoms with Gasteiger partial charge in [-0.25, -0.2) is 0 Å². The van der Waals surface area contributed by atoms with Crippen molar-refractivity contribution in [2.45, 2.75) is 32.6 Å². The van der Waals surface area contributed by atoms with Gasteiger partial charge in [0.2, 0.25) is 0 Å². The summed E-state index contributed by atoms with van der Waals surface area (Å²) in [5.74, 6) is 1.84. The zero-order chi connectivity index (χ0) is 13.3. The van der Waals surface area contributed by atoms with Crippen LogP contribution in [0, 0.1) is 20.8 Å². The molecule has 2 aromatic rings. The van der Waals surface area contributed by atoms with Crippen LogP contribution < -0.4 is 0 Å². The normalized spacial score (nSPS) is 12.7. The SMILES string of the molecule is Cc1oc(C)c(C(Cl)Cc2ccccc2Cl)c1C. The number of furan rings is 1. The Balaban J connectivity index is 2.28. The fraction of sp³-hybridized carbons (Fsp3) is 0.333. The Morgan fingerprint density at radius 2 is 1.78 bits per heavy atom. The Morgan fingerprint density at radius 1 is 1.11 bits per heavy atom. The van der Waals surface area contributed by atoms with E-state index in [0.29, 0.717) is 6.42 Å². The molecule has 0 aliphatic rings. The standard InChI is InChI=1S/C15H16Cl2O/c1-9-10(2)18-11(3)15(9)14(17)8-12-6-4-5-7-13(12)16/h4-7,14H,8H2,1-3H3. The fourth-order valence-corrected chi connectivity index (χ4v) is 2.93. The van der Waals surface area contributed by atoms with E-state index in [1.807, 2.05) is 45.0 Å². The third kappa shape index (κ3) is 2.57. The van der Waals surface area contributed by atoms with E-state index in [4.69, 9.17) is 27.6 Å². The van der Waals surface area contributed by atoms with Crippen molar-refractivity contribution >= 4 is 23.2 Å². The monoisotopic (exact) mass is 282 g/mol. The minimum atomic E-state index is -0.109. The highest BCUT2D eigenvalue weighted by Gasteiger charge is 2.20. The van der Waals surface area contributed by atoms with E-state index in [1.165, 1.54) is 0 Å². The van der Waals surface area contributed by atoms with Gasteiger partial charge in [0.25, 0.3) is 0 Å². The molecule has 0 aliphatic heterocycles. The zero-order valence-corrected chi connectivity index (χ0v) is 12.3. The maximum atomic E-state index is 6.52. The molecule has 0 N–H and O–H groups in total. The highest BCUT2D eigenvalue weighted by Crippen LogP contribution is 2.34. The third-order valence-corrected chi connectivity index (χ3v) is 4.03. The number of rotatable bonds is 3. The van der Waals surface area contributed by atoms with Crippen LogP contribution in [0.4, 0.5) is 0 Å². The van der Waals surface area contributed by atoms with E-state index < -0.39 is 0 Å². The molecule has 2 rings (SSSR count). The zero-order valence-electron chi connectivity index (χ0n) is 10.8. The number of hydrogen-bond acceptors (Lipinski definition) is 1. The average Bonchev–Trinajstić information content (AvgIpc) is 2.56. The summed E-state index contributed by atoms with van der Waals surface area (Å²) in [7, 11) is 0. The summed E-state index contributed by atoms with van der Waals surface area (Å²) in [6.45, 7) is 5.96. The van der Waals surface area contributed by atoms with Crippen LogP contribution in [0.3, 0.4) is 0 Å². The molecule has 18 heavy (non-hydrogen) atoms. The molecular weight excluding hydrogens is 267 g/mol. The molecule has 1 aromatic heterocycles. The summed E-state index contributed by atoms with van der Waals surface area (Å²) >= 11 is 12.7. The van der Waals surface area contributed by atoms with Crippen LogP contribution in [0.2, 0.25) is 5.02 Å². The Hall–Kier alpha value is -0.920. The molecule has 0 amide bonds. The Labute approximate surface area is 118 Å². The topological polar surface area (TPSA) is 13.1 Å². The molecule has 1 heterocycles. The smallest absolute Gasteiger partial charge is 0.106 e. The maximum absolute atomic E-state index is 6.52. The van der Waals surface area contributed by atoms with Crippen LogP contribution in [-0.2, 0) is 6.42 Å². The Kier molecular flexibility index (Phi) is 4.04. The van der Waals surface area contributed by atoms with E-state index in [2.05, 4.69) is 0 Å². The minimum Gasteiger partial charge on any atom is -0.466 e. The van der Waals surface area contributed by atoms with Gasteiger partial charge in [0.05, 0.1) is 5.38 Å². The summed E-state index contributed by atoms with van der Waals surface area (Å²) in [4.78, 5) is 0. The van der Waals surface area contributed by atoms with Crippen LogP contribution in [0.1, 0.15) is 33.6 Å². The van der Waals surface area contributed by atoms with Crippen molar-refractivity contribution in [1.82, 2.24) is 0 Å². The highest BCUT2D eigenvalue weighted by atomic mass is 35.5. The van der Waals surface area contributed by atoms with E-state index in [0.717, 1.165) is 33.2 Å². The molecule has 1 nitrogen and oxygen atoms in total. The van der Waals surface area contributed by atoms with Crippen molar-refractivity contribution in [1.29, 1.82) is 0 Å². The molecule has 1 unspecified atom stereocenters. The molecule has 0 fully saturated rings. The molecule has 3 heteroatoms. The first-order valence-corrected chi connectivity index (χ1v) is 6.76. The average molecular weight is 283 g/mol. The molecule has 1 aromatic carbocycles. The van der Waals surface area contributed by atoms with Gasteiger partial charge >= 0.3 is 0 Å². The molecule has 0 saturated carbocycles. The second-order valence-electron chi connectivity index (χ2n) is 4.52. The predicted molar refractivity (Wildman–Crippen MR) is 76.7 cm³/mol. The van der Waals surface area contributed by atoms with E-state index in [-0.39, 0.29) is 5.38 Å². The summed E-state index contributed by atoms with van der Waals surface area (Å²) in [5, 5.41) is 0.654. The van der Waals surface area contributed by atoms with Gasteiger partial charge in [-0.05, 0) is 44.4 Å². The molecule has 0 aliphatic carbocycles. The highest BCUT2D eigenvalue weighted by molar-refractivity contribution is 6.31. The van der Waals surface area contributed by atoms with Gasteiger partial charge in [0, 0.05) is 10.6 Å². The largest absolute Gasteiger partial charge is 0.466 e. The lowest BCUT2D eigenvalue weighted by atomic mass is 10.0. The predicted octanol–water partition coefficient (Wildman–Crippen LogP) is 5.38. The van der Waals surface area contributed by atoms with Crippen molar-refractivity contribution in [3.05, 3.63) is 57.5 Å². The molecular formula is C15H16Cl2O. The van der Waals surface area contributed by atoms with Crippen LogP contribution in [-0.4, -0.2) is 0 Å². The second kappa shape index (κ2) is 5.38. The second-order valence-corrected chi connectivity index (χ2v) is 5.45. The Bertz CT molecular complexity index is 558. The van der Waals surface area contributed by atoms with E-state index in [9.17, 15) is 0 Å². The van der Waals surface area contributed by atoms with E-state index >= 15 is 0 Å². The lowest BCUT2D eigenvalue weighted by Gasteiger charge is -2.11. The van der Waals surface area contributed by atoms with Crippen LogP contribution in [0.15, 0.2) is 28.7 Å². The van der Waals surface area contributed by atoms with Crippen molar-refractivity contribution in [2.75, 3.05) is 0 Å². The third-order valence-electron chi connectivity index (χ3n) is 3.29. The van der Waals surface area contributed by atoms with Gasteiger partial charge in [-0.3, -0.25) is 0 Å². The van der Waals surface area contributed by atoms with Gasteiger partial charge in [0.15, 0.2) is 0 Å². The number of benzene rings is 1. The van der Waals surface area contributed by atoms with Crippen molar-refractivity contribution in [2.24, 2.45) is 0 Å². The molecule has 0 radical (unpaired) electrons. The van der Waals surface area contributed by atoms with E-state index in [1.54, 1.807) is 0 Å². The first-order chi connectivity index (χ1) is 8.50. The summed E-state index contributed by atoms with van der Waals surface area (Å²) in [5.41, 5.74) is 3.30. The Morgan fingerprint density at radius 3 is 2.33 bits per heavy atom. The lowest BCUT2D eigenvalue weighted by molar-refractivity contribution is 0.499. The maximum Gasteiger partial charge on any atom is 0.106 e. The molecule has 1 atom stereocenters. The fourth-order valence-electron chi connectivity index (χ4n) is 2.23. The molecule has 96 valence electrons. The molecule has 0 bridgehead atoms. The van der Waals surface area contributed by atoms with Gasteiger partial charge < -0.3 is 4.42 Å². The van der Waals surface area contributed by atoms with Gasteiger partial charge in [-0.1, -0.05) is 29.8 Å². The van der Waals surface area contributed by atoms with Crippen molar-refractivity contribution < 1.29 is 4.42 Å². The molecule has 0 spiro atoms. The number of alkyl halides is 1. The number of aryl methyl sites for hydroxylation is 2. The number of halogens is 2. The van der Waals surface area contributed by atoms with Crippen LogP contribution in [0.5, 0.6) is 0 Å². The number of hydrogen-bond donors (Lipinski definition) is 0. The van der Waals surface area contributed by atoms with Gasteiger partial charge in [-0.2, -0.15) is 0 Å². The molecule has 0 saturated heterocycles. The first-order valence-electron chi connectivity index (χ1n) is 5.94. The minimum absolute atomic E-state index is 0.109. The summed E-state index contributed by atoms with van der Waals surface area (Å²) < 4.78 is 5.62. The summed E-state index contributed by atoms with van der Waals surface area (Å²) in [6, 6.07) is 7.80. The van der Waals surface area contributed by atoms with Crippen molar-refractivity contribution in [3.63, 3.8) is 0 Å². The van der Waals surface area contributed by atoms with Crippen LogP contribution >= 0.6 is 23.2 Å². The van der Waals surface area contributed by atoms with Crippen LogP contribution in [0.25, 0.3) is 0 Å². The lowest BCUT2D eigenvalue weighted by Crippen LogP contribution is -1.99. The summed E-state index contributed by atoms with van der Waals surface area (Å²) in [6.07, 6.45) is 0.710. The van der Waals surface area contributed by atoms with Gasteiger partial charge in [-0.15, -0.1) is 11.6 Å². The first kappa shape index (κ1) is 13.5.